The lowest BCUT2D eigenvalue weighted by atomic mass is 10.1. The second-order valence-electron chi connectivity index (χ2n) is 8.53. The number of aromatic nitrogens is 2. The number of hydrogen-bond acceptors (Lipinski definition) is 9. The van der Waals surface area contributed by atoms with Crippen LogP contribution in [-0.4, -0.2) is 42.4 Å². The number of rotatable bonds is 9. The predicted octanol–water partition coefficient (Wildman–Crippen LogP) is 5.98. The minimum Gasteiger partial charge on any atom is -0.480 e. The lowest BCUT2D eigenvalue weighted by Crippen LogP contribution is -2.15. The summed E-state index contributed by atoms with van der Waals surface area (Å²) in [6.45, 7) is 3.29. The van der Waals surface area contributed by atoms with Crippen LogP contribution in [0.3, 0.4) is 0 Å². The molecule has 1 amide bonds. The number of nitrogens with zero attached hydrogens (tertiary/aromatic N) is 3. The molecule has 2 N–H and O–H groups in total. The van der Waals surface area contributed by atoms with Gasteiger partial charge in [-0.05, 0) is 67.4 Å². The van der Waals surface area contributed by atoms with E-state index in [1.807, 2.05) is 0 Å². The van der Waals surface area contributed by atoms with Gasteiger partial charge in [-0.2, -0.15) is 4.98 Å². The van der Waals surface area contributed by atoms with Gasteiger partial charge in [-0.3, -0.25) is 4.72 Å². The molecular weight excluding hydrogens is 609 g/mol. The van der Waals surface area contributed by atoms with E-state index >= 15 is 4.39 Å². The van der Waals surface area contributed by atoms with Crippen LogP contribution in [-0.2, 0) is 25.4 Å². The lowest BCUT2D eigenvalue weighted by Gasteiger charge is -2.14. The van der Waals surface area contributed by atoms with Crippen LogP contribution >= 0.6 is 11.6 Å². The quantitative estimate of drug-likeness (QED) is 0.189. The summed E-state index contributed by atoms with van der Waals surface area (Å²) < 4.78 is 69.1. The van der Waals surface area contributed by atoms with E-state index in [0.29, 0.717) is 22.4 Å². The molecule has 1 atom stereocenters. The van der Waals surface area contributed by atoms with Gasteiger partial charge in [-0.25, -0.2) is 26.8 Å². The average molecular weight is 634 g/mol. The van der Waals surface area contributed by atoms with Crippen LogP contribution in [0.5, 0.6) is 5.88 Å². The van der Waals surface area contributed by atoms with Gasteiger partial charge in [-0.1, -0.05) is 29.8 Å². The summed E-state index contributed by atoms with van der Waals surface area (Å²) in [5.74, 6) is -0.611. The van der Waals surface area contributed by atoms with Crippen molar-refractivity contribution in [2.24, 2.45) is 4.36 Å². The summed E-state index contributed by atoms with van der Waals surface area (Å²) in [6.07, 6.45) is 0.487. The van der Waals surface area contributed by atoms with Crippen molar-refractivity contribution in [2.45, 2.75) is 23.6 Å². The summed E-state index contributed by atoms with van der Waals surface area (Å²) in [5, 5.41) is 3.22. The zero-order valence-corrected chi connectivity index (χ0v) is 24.9. The molecule has 0 aliphatic rings. The van der Waals surface area contributed by atoms with Gasteiger partial charge in [0, 0.05) is 21.8 Å². The molecule has 4 aromatic rings. The number of carbonyl (C=O) groups is 1. The van der Waals surface area contributed by atoms with Crippen LogP contribution in [0.15, 0.2) is 81.0 Å². The van der Waals surface area contributed by atoms with Crippen molar-refractivity contribution >= 4 is 55.6 Å². The van der Waals surface area contributed by atoms with Crippen LogP contribution in [0.2, 0.25) is 5.02 Å². The molecule has 0 aliphatic heterocycles. The van der Waals surface area contributed by atoms with Crippen molar-refractivity contribution in [1.29, 1.82) is 0 Å². The molecular formula is C27H25ClFN5O6S2. The Bertz CT molecular complexity index is 1850. The van der Waals surface area contributed by atoms with Crippen molar-refractivity contribution in [2.75, 3.05) is 23.8 Å². The molecule has 220 valence electrons. The standard InChI is InChI=1S/C27H25ClFN5O6S2/c1-4-40-27(35)33-41(36)19-8-5-7-18(14-19)31-26-30-15-20(25(32-26)39-3)17-11-12-23(22(29)13-17)34-42(37,38)24-10-6-9-21(28)16(24)2/h5-15,34,41H,4H2,1-3H3,(H,30,31,32). The Balaban J connectivity index is 1.56. The zero-order chi connectivity index (χ0) is 30.4. The topological polar surface area (TPSA) is 149 Å². The predicted molar refractivity (Wildman–Crippen MR) is 158 cm³/mol. The highest BCUT2D eigenvalue weighted by Gasteiger charge is 2.21. The maximum absolute atomic E-state index is 15.1. The number of methoxy groups -OCH3 is 1. The molecule has 0 saturated carbocycles. The monoisotopic (exact) mass is 633 g/mol. The van der Waals surface area contributed by atoms with E-state index in [0.717, 1.165) is 6.07 Å². The molecule has 15 heteroatoms. The molecule has 42 heavy (non-hydrogen) atoms. The Labute approximate surface area is 248 Å². The van der Waals surface area contributed by atoms with Gasteiger partial charge in [0.1, 0.15) is 5.82 Å². The summed E-state index contributed by atoms with van der Waals surface area (Å²) >= 11 is 6.05. The molecule has 1 heterocycles. The van der Waals surface area contributed by atoms with Crippen molar-refractivity contribution in [3.05, 3.63) is 83.3 Å². The third kappa shape index (κ3) is 7.13. The van der Waals surface area contributed by atoms with Crippen molar-refractivity contribution in [3.63, 3.8) is 0 Å². The van der Waals surface area contributed by atoms with Crippen LogP contribution in [0.4, 0.5) is 26.5 Å². The number of carbonyl (C=O) groups excluding carboxylic acids is 1. The van der Waals surface area contributed by atoms with Crippen LogP contribution < -0.4 is 14.8 Å². The fourth-order valence-corrected chi connectivity index (χ4v) is 6.09. The third-order valence-corrected chi connectivity index (χ3v) is 8.73. The van der Waals surface area contributed by atoms with Crippen molar-refractivity contribution < 1.29 is 31.3 Å². The molecule has 0 saturated heterocycles. The molecule has 0 fully saturated rings. The highest BCUT2D eigenvalue weighted by molar-refractivity contribution is 7.92. The van der Waals surface area contributed by atoms with Gasteiger partial charge in [0.2, 0.25) is 11.8 Å². The number of halogens is 2. The van der Waals surface area contributed by atoms with E-state index in [1.54, 1.807) is 38.1 Å². The number of nitrogens with one attached hydrogen (secondary N) is 2. The minimum absolute atomic E-state index is 0.0672. The maximum Gasteiger partial charge on any atom is 0.441 e. The molecule has 0 bridgehead atoms. The van der Waals surface area contributed by atoms with Crippen molar-refractivity contribution in [1.82, 2.24) is 9.97 Å². The lowest BCUT2D eigenvalue weighted by molar-refractivity contribution is 0.164. The summed E-state index contributed by atoms with van der Waals surface area (Å²) in [7, 11) is -5.12. The average Bonchev–Trinajstić information content (AvgIpc) is 2.95. The Morgan fingerprint density at radius 3 is 2.62 bits per heavy atom. The fraction of sp³-hybridized carbons (Fsp3) is 0.148. The molecule has 11 nitrogen and oxygen atoms in total. The number of hydrogen-bond donors (Lipinski definition) is 3. The first-order valence-electron chi connectivity index (χ1n) is 12.2. The van der Waals surface area contributed by atoms with E-state index in [-0.39, 0.29) is 38.9 Å². The summed E-state index contributed by atoms with van der Waals surface area (Å²) in [6, 6.07) is 14.7. The van der Waals surface area contributed by atoms with E-state index in [2.05, 4.69) is 24.4 Å². The normalized spacial score (nSPS) is 12.0. The Morgan fingerprint density at radius 2 is 1.90 bits per heavy atom. The zero-order valence-electron chi connectivity index (χ0n) is 22.5. The fourth-order valence-electron chi connectivity index (χ4n) is 3.74. The molecule has 0 spiro atoms. The van der Waals surface area contributed by atoms with Crippen molar-refractivity contribution in [3.8, 4) is 17.0 Å². The first-order chi connectivity index (χ1) is 20.0. The van der Waals surface area contributed by atoms with E-state index in [9.17, 15) is 17.4 Å². The second-order valence-corrected chi connectivity index (χ2v) is 11.8. The Kier molecular flexibility index (Phi) is 9.60. The van der Waals surface area contributed by atoms with Crippen LogP contribution in [0.1, 0.15) is 12.5 Å². The smallest absolute Gasteiger partial charge is 0.441 e. The van der Waals surface area contributed by atoms with Gasteiger partial charge in [0.25, 0.3) is 10.0 Å². The first kappa shape index (κ1) is 30.7. The number of sulfonamides is 1. The Hall–Kier alpha value is -4.27. The summed E-state index contributed by atoms with van der Waals surface area (Å²) in [5.41, 5.74) is 1.21. The van der Waals surface area contributed by atoms with Gasteiger partial charge < -0.3 is 14.8 Å². The highest BCUT2D eigenvalue weighted by atomic mass is 35.5. The number of ether oxygens (including phenoxy) is 2. The number of benzene rings is 3. The summed E-state index contributed by atoms with van der Waals surface area (Å²) in [4.78, 5) is 20.3. The number of thiol groups is 1. The second kappa shape index (κ2) is 13.1. The molecule has 1 unspecified atom stereocenters. The Morgan fingerprint density at radius 1 is 1.14 bits per heavy atom. The minimum atomic E-state index is -4.11. The van der Waals surface area contributed by atoms with Gasteiger partial charge in [0.05, 0.1) is 40.5 Å². The van der Waals surface area contributed by atoms with E-state index in [4.69, 9.17) is 21.1 Å². The van der Waals surface area contributed by atoms with E-state index < -0.39 is 32.5 Å². The van der Waals surface area contributed by atoms with Gasteiger partial charge in [-0.15, -0.1) is 4.36 Å². The largest absolute Gasteiger partial charge is 0.480 e. The number of anilines is 3. The maximum atomic E-state index is 15.1. The molecule has 1 aromatic heterocycles. The molecule has 3 aromatic carbocycles. The van der Waals surface area contributed by atoms with Gasteiger partial charge >= 0.3 is 6.09 Å². The SMILES string of the molecule is CCOC(=O)/N=[SH](=O)\c1cccc(Nc2ncc(-c3ccc(NS(=O)(=O)c4cccc(Cl)c4C)c(F)c3)c(OC)n2)c1. The van der Waals surface area contributed by atoms with Gasteiger partial charge in [0.15, 0.2) is 0 Å². The van der Waals surface area contributed by atoms with Crippen LogP contribution in [0, 0.1) is 12.7 Å². The molecule has 4 rings (SSSR count). The number of amides is 1. The van der Waals surface area contributed by atoms with E-state index in [1.165, 1.54) is 43.6 Å². The first-order valence-corrected chi connectivity index (χ1v) is 15.3. The highest BCUT2D eigenvalue weighted by Crippen LogP contribution is 2.32. The molecule has 0 radical (unpaired) electrons. The third-order valence-electron chi connectivity index (χ3n) is 5.74. The molecule has 0 aliphatic carbocycles. The van der Waals surface area contributed by atoms with Crippen LogP contribution in [0.25, 0.3) is 11.1 Å².